The van der Waals surface area contributed by atoms with Crippen molar-refractivity contribution < 1.29 is 4.39 Å². The van der Waals surface area contributed by atoms with Crippen LogP contribution >= 0.6 is 15.9 Å². The summed E-state index contributed by atoms with van der Waals surface area (Å²) in [6, 6.07) is 5.15. The summed E-state index contributed by atoms with van der Waals surface area (Å²) in [5.74, 6) is -0.116. The van der Waals surface area contributed by atoms with Gasteiger partial charge in [-0.15, -0.1) is 0 Å². The molecule has 2 nitrogen and oxygen atoms in total. The molecule has 2 rings (SSSR count). The van der Waals surface area contributed by atoms with Gasteiger partial charge in [0.2, 0.25) is 0 Å². The van der Waals surface area contributed by atoms with Gasteiger partial charge in [-0.05, 0) is 31.5 Å². The molecule has 1 unspecified atom stereocenters. The van der Waals surface area contributed by atoms with Crippen LogP contribution in [0.3, 0.4) is 0 Å². The average Bonchev–Trinajstić information content (AvgIpc) is 2.34. The number of rotatable bonds is 3. The second-order valence-electron chi connectivity index (χ2n) is 5.29. The summed E-state index contributed by atoms with van der Waals surface area (Å²) in [5.41, 5.74) is 0.922. The van der Waals surface area contributed by atoms with E-state index in [1.165, 1.54) is 6.07 Å². The Morgan fingerprint density at radius 1 is 1.50 bits per heavy atom. The SMILES string of the molecule is CCC1(C)CN(Cc2cc(Br)ccc2F)CCN1. The molecule has 0 spiro atoms. The van der Waals surface area contributed by atoms with E-state index in [9.17, 15) is 4.39 Å². The van der Waals surface area contributed by atoms with Crippen molar-refractivity contribution in [3.05, 3.63) is 34.1 Å². The molecule has 0 amide bonds. The van der Waals surface area contributed by atoms with E-state index < -0.39 is 0 Å². The molecule has 1 atom stereocenters. The minimum Gasteiger partial charge on any atom is -0.309 e. The highest BCUT2D eigenvalue weighted by Gasteiger charge is 2.28. The molecule has 1 fully saturated rings. The van der Waals surface area contributed by atoms with Crippen LogP contribution in [-0.4, -0.2) is 30.1 Å². The number of piperazine rings is 1. The van der Waals surface area contributed by atoms with Crippen molar-refractivity contribution in [3.63, 3.8) is 0 Å². The van der Waals surface area contributed by atoms with Crippen LogP contribution in [0.4, 0.5) is 4.39 Å². The highest BCUT2D eigenvalue weighted by atomic mass is 79.9. The molecular formula is C14H20BrFN2. The molecule has 1 aromatic rings. The van der Waals surface area contributed by atoms with Gasteiger partial charge in [0.05, 0.1) is 0 Å². The van der Waals surface area contributed by atoms with Crippen molar-refractivity contribution >= 4 is 15.9 Å². The van der Waals surface area contributed by atoms with E-state index in [1.807, 2.05) is 6.07 Å². The third-order valence-electron chi connectivity index (χ3n) is 3.73. The Kier molecular flexibility index (Phi) is 4.41. The van der Waals surface area contributed by atoms with Crippen molar-refractivity contribution in [3.8, 4) is 0 Å². The summed E-state index contributed by atoms with van der Waals surface area (Å²) in [6.07, 6.45) is 1.09. The first-order valence-corrected chi connectivity index (χ1v) is 7.23. The van der Waals surface area contributed by atoms with E-state index in [-0.39, 0.29) is 11.4 Å². The zero-order chi connectivity index (χ0) is 13.2. The van der Waals surface area contributed by atoms with Gasteiger partial charge < -0.3 is 5.32 Å². The fourth-order valence-corrected chi connectivity index (χ4v) is 2.83. The van der Waals surface area contributed by atoms with E-state index in [2.05, 4.69) is 40.0 Å². The van der Waals surface area contributed by atoms with Crippen LogP contribution in [-0.2, 0) is 6.54 Å². The topological polar surface area (TPSA) is 15.3 Å². The van der Waals surface area contributed by atoms with Gasteiger partial charge in [0, 0.05) is 41.8 Å². The predicted octanol–water partition coefficient (Wildman–Crippen LogP) is 3.16. The summed E-state index contributed by atoms with van der Waals surface area (Å²) in [5, 5.41) is 3.54. The van der Waals surface area contributed by atoms with E-state index in [1.54, 1.807) is 6.07 Å². The maximum atomic E-state index is 13.7. The maximum absolute atomic E-state index is 13.7. The first-order valence-electron chi connectivity index (χ1n) is 6.44. The third-order valence-corrected chi connectivity index (χ3v) is 4.23. The van der Waals surface area contributed by atoms with Crippen LogP contribution in [0.5, 0.6) is 0 Å². The number of nitrogens with zero attached hydrogens (tertiary/aromatic N) is 1. The van der Waals surface area contributed by atoms with Gasteiger partial charge in [-0.25, -0.2) is 4.39 Å². The molecule has 0 aliphatic carbocycles. The molecule has 1 N–H and O–H groups in total. The Bertz CT molecular complexity index is 424. The molecule has 18 heavy (non-hydrogen) atoms. The molecule has 1 saturated heterocycles. The standard InChI is InChI=1S/C14H20BrFN2/c1-3-14(2)10-18(7-6-17-14)9-11-8-12(15)4-5-13(11)16/h4-5,8,17H,3,6-7,9-10H2,1-2H3. The zero-order valence-electron chi connectivity index (χ0n) is 11.0. The molecule has 0 radical (unpaired) electrons. The van der Waals surface area contributed by atoms with Crippen LogP contribution < -0.4 is 5.32 Å². The quantitative estimate of drug-likeness (QED) is 0.922. The van der Waals surface area contributed by atoms with Gasteiger partial charge >= 0.3 is 0 Å². The zero-order valence-corrected chi connectivity index (χ0v) is 12.6. The van der Waals surface area contributed by atoms with Gasteiger partial charge in [-0.1, -0.05) is 22.9 Å². The number of nitrogens with one attached hydrogen (secondary N) is 1. The van der Waals surface area contributed by atoms with Crippen LogP contribution in [0, 0.1) is 5.82 Å². The summed E-state index contributed by atoms with van der Waals surface area (Å²) in [7, 11) is 0. The van der Waals surface area contributed by atoms with E-state index in [0.29, 0.717) is 6.54 Å². The molecule has 1 aliphatic rings. The molecule has 1 aromatic carbocycles. The lowest BCUT2D eigenvalue weighted by atomic mass is 9.95. The molecule has 1 aliphatic heterocycles. The Morgan fingerprint density at radius 2 is 2.28 bits per heavy atom. The van der Waals surface area contributed by atoms with E-state index in [0.717, 1.165) is 36.1 Å². The highest BCUT2D eigenvalue weighted by Crippen LogP contribution is 2.20. The lowest BCUT2D eigenvalue weighted by Gasteiger charge is -2.41. The number of hydrogen-bond donors (Lipinski definition) is 1. The van der Waals surface area contributed by atoms with Crippen LogP contribution in [0.2, 0.25) is 0 Å². The number of hydrogen-bond acceptors (Lipinski definition) is 2. The van der Waals surface area contributed by atoms with Crippen LogP contribution in [0.1, 0.15) is 25.8 Å². The average molecular weight is 315 g/mol. The first-order chi connectivity index (χ1) is 8.52. The Balaban J connectivity index is 2.07. The lowest BCUT2D eigenvalue weighted by Crippen LogP contribution is -2.58. The summed E-state index contributed by atoms with van der Waals surface area (Å²) >= 11 is 3.40. The van der Waals surface area contributed by atoms with Crippen molar-refractivity contribution in [2.75, 3.05) is 19.6 Å². The molecule has 1 heterocycles. The van der Waals surface area contributed by atoms with Crippen LogP contribution in [0.15, 0.2) is 22.7 Å². The summed E-state index contributed by atoms with van der Waals surface area (Å²) in [6.45, 7) is 8.02. The second-order valence-corrected chi connectivity index (χ2v) is 6.20. The summed E-state index contributed by atoms with van der Waals surface area (Å²) in [4.78, 5) is 2.32. The van der Waals surface area contributed by atoms with Crippen LogP contribution in [0.25, 0.3) is 0 Å². The smallest absolute Gasteiger partial charge is 0.127 e. The first kappa shape index (κ1) is 14.0. The number of benzene rings is 1. The normalized spacial score (nSPS) is 25.3. The fourth-order valence-electron chi connectivity index (χ4n) is 2.42. The Hall–Kier alpha value is -0.450. The predicted molar refractivity (Wildman–Crippen MR) is 76.1 cm³/mol. The van der Waals surface area contributed by atoms with Gasteiger partial charge in [-0.3, -0.25) is 4.90 Å². The van der Waals surface area contributed by atoms with Gasteiger partial charge in [0.25, 0.3) is 0 Å². The highest BCUT2D eigenvalue weighted by molar-refractivity contribution is 9.10. The maximum Gasteiger partial charge on any atom is 0.127 e. The minimum absolute atomic E-state index is 0.116. The fraction of sp³-hybridized carbons (Fsp3) is 0.571. The molecular weight excluding hydrogens is 295 g/mol. The van der Waals surface area contributed by atoms with Crippen molar-refractivity contribution in [1.29, 1.82) is 0 Å². The second kappa shape index (κ2) is 5.68. The molecule has 0 saturated carbocycles. The molecule has 100 valence electrons. The van der Waals surface area contributed by atoms with Crippen molar-refractivity contribution in [1.82, 2.24) is 10.2 Å². The third kappa shape index (κ3) is 3.31. The molecule has 0 aromatic heterocycles. The summed E-state index contributed by atoms with van der Waals surface area (Å²) < 4.78 is 14.7. The van der Waals surface area contributed by atoms with Crippen molar-refractivity contribution in [2.24, 2.45) is 0 Å². The van der Waals surface area contributed by atoms with E-state index >= 15 is 0 Å². The number of halogens is 2. The molecule has 4 heteroatoms. The van der Waals surface area contributed by atoms with Gasteiger partial charge in [0.1, 0.15) is 5.82 Å². The van der Waals surface area contributed by atoms with E-state index in [4.69, 9.17) is 0 Å². The van der Waals surface area contributed by atoms with Gasteiger partial charge in [-0.2, -0.15) is 0 Å². The Labute approximate surface area is 117 Å². The monoisotopic (exact) mass is 314 g/mol. The van der Waals surface area contributed by atoms with Crippen molar-refractivity contribution in [2.45, 2.75) is 32.4 Å². The Morgan fingerprint density at radius 3 is 3.00 bits per heavy atom. The van der Waals surface area contributed by atoms with Gasteiger partial charge in [0.15, 0.2) is 0 Å². The largest absolute Gasteiger partial charge is 0.309 e. The molecule has 0 bridgehead atoms. The minimum atomic E-state index is -0.116. The lowest BCUT2D eigenvalue weighted by molar-refractivity contribution is 0.132.